The quantitative estimate of drug-likeness (QED) is 0.610. The summed E-state index contributed by atoms with van der Waals surface area (Å²) in [6, 6.07) is 0. The summed E-state index contributed by atoms with van der Waals surface area (Å²) in [5.74, 6) is 0. The van der Waals surface area contributed by atoms with E-state index in [1.54, 1.807) is 0 Å². The maximum Gasteiger partial charge on any atom is 0.307 e. The first-order valence-corrected chi connectivity index (χ1v) is 9.25. The lowest BCUT2D eigenvalue weighted by Gasteiger charge is -2.22. The van der Waals surface area contributed by atoms with Crippen LogP contribution in [0.2, 0.25) is 26.2 Å². The van der Waals surface area contributed by atoms with Gasteiger partial charge in [0.1, 0.15) is 0 Å². The normalized spacial score (nSPS) is 15.3. The van der Waals surface area contributed by atoms with Gasteiger partial charge >= 0.3 is 9.28 Å². The van der Waals surface area contributed by atoms with E-state index in [1.165, 1.54) is 0 Å². The van der Waals surface area contributed by atoms with Gasteiger partial charge in [-0.3, -0.25) is 0 Å². The zero-order valence-corrected chi connectivity index (χ0v) is 9.76. The van der Waals surface area contributed by atoms with Crippen molar-refractivity contribution in [2.45, 2.75) is 33.1 Å². The highest BCUT2D eigenvalue weighted by molar-refractivity contribution is 6.75. The van der Waals surface area contributed by atoms with Crippen LogP contribution in [0.3, 0.4) is 0 Å². The molecule has 0 aliphatic heterocycles. The molecule has 2 nitrogen and oxygen atoms in total. The fraction of sp³-hybridized carbons (Fsp3) is 1.00. The van der Waals surface area contributed by atoms with Gasteiger partial charge in [-0.1, -0.05) is 0 Å². The molecule has 0 aliphatic carbocycles. The molecule has 1 atom stereocenters. The van der Waals surface area contributed by atoms with Crippen molar-refractivity contribution in [3.63, 3.8) is 0 Å². The van der Waals surface area contributed by atoms with E-state index in [9.17, 15) is 0 Å². The summed E-state index contributed by atoms with van der Waals surface area (Å²) in [5.41, 5.74) is 0. The number of hydrogen-bond donors (Lipinski definition) is 0. The molecule has 0 saturated carbocycles. The lowest BCUT2D eigenvalue weighted by Crippen LogP contribution is -2.34. The Morgan fingerprint density at radius 1 is 1.30 bits per heavy atom. The Morgan fingerprint density at radius 2 is 1.80 bits per heavy atom. The Kier molecular flexibility index (Phi) is 4.43. The van der Waals surface area contributed by atoms with Crippen molar-refractivity contribution in [3.8, 4) is 0 Å². The van der Waals surface area contributed by atoms with Crippen molar-refractivity contribution in [3.05, 3.63) is 0 Å². The Morgan fingerprint density at radius 3 is 2.10 bits per heavy atom. The van der Waals surface area contributed by atoms with Gasteiger partial charge in [-0.2, -0.15) is 0 Å². The lowest BCUT2D eigenvalue weighted by molar-refractivity contribution is 0.286. The summed E-state index contributed by atoms with van der Waals surface area (Å²) in [4.78, 5) is 0. The van der Waals surface area contributed by atoms with Gasteiger partial charge in [0.25, 0.3) is 0 Å². The van der Waals surface area contributed by atoms with Crippen LogP contribution >= 0.6 is 0 Å². The minimum Gasteiger partial charge on any atom is -0.438 e. The van der Waals surface area contributed by atoms with Crippen LogP contribution in [0.25, 0.3) is 0 Å². The van der Waals surface area contributed by atoms with Gasteiger partial charge in [0, 0.05) is 6.61 Å². The van der Waals surface area contributed by atoms with Gasteiger partial charge < -0.3 is 8.54 Å². The van der Waals surface area contributed by atoms with E-state index in [-0.39, 0.29) is 0 Å². The molecule has 0 aliphatic rings. The molecule has 0 radical (unpaired) electrons. The minimum absolute atomic E-state index is 0.790. The largest absolute Gasteiger partial charge is 0.438 e. The van der Waals surface area contributed by atoms with Gasteiger partial charge in [-0.05, 0) is 33.1 Å². The first-order valence-electron chi connectivity index (χ1n) is 3.75. The molecular weight excluding hydrogens is 160 g/mol. The van der Waals surface area contributed by atoms with E-state index in [1.807, 2.05) is 6.92 Å². The highest BCUT2D eigenvalue weighted by Gasteiger charge is 2.18. The molecule has 0 spiro atoms. The molecule has 1 unspecified atom stereocenters. The SMILES string of the molecule is CCO[SiH](C)O[Si](C)(C)C. The van der Waals surface area contributed by atoms with Crippen molar-refractivity contribution in [2.24, 2.45) is 0 Å². The molecule has 0 saturated heterocycles. The molecular formula is C6H18O2Si2. The third-order valence-corrected chi connectivity index (χ3v) is 5.88. The van der Waals surface area contributed by atoms with Crippen LogP contribution in [0, 0.1) is 0 Å². The maximum atomic E-state index is 5.73. The van der Waals surface area contributed by atoms with E-state index in [2.05, 4.69) is 26.2 Å². The summed E-state index contributed by atoms with van der Waals surface area (Å²) in [6.45, 7) is 11.5. The van der Waals surface area contributed by atoms with Crippen LogP contribution in [0.1, 0.15) is 6.92 Å². The van der Waals surface area contributed by atoms with Crippen molar-refractivity contribution in [2.75, 3.05) is 6.61 Å². The second-order valence-electron chi connectivity index (χ2n) is 3.25. The molecule has 0 aromatic heterocycles. The van der Waals surface area contributed by atoms with E-state index in [4.69, 9.17) is 8.54 Å². The van der Waals surface area contributed by atoms with Gasteiger partial charge in [0.15, 0.2) is 8.32 Å². The van der Waals surface area contributed by atoms with Gasteiger partial charge in [-0.15, -0.1) is 0 Å². The van der Waals surface area contributed by atoms with Crippen molar-refractivity contribution >= 4 is 17.6 Å². The summed E-state index contributed by atoms with van der Waals surface area (Å²) in [5, 5.41) is 0. The topological polar surface area (TPSA) is 18.5 Å². The van der Waals surface area contributed by atoms with Crippen LogP contribution in [-0.2, 0) is 8.54 Å². The standard InChI is InChI=1S/C6H18O2Si2/c1-6-7-9(2)8-10(3,4)5/h9H,6H2,1-5H3. The average molecular weight is 178 g/mol. The molecule has 0 bridgehead atoms. The minimum atomic E-state index is -1.32. The molecule has 0 heterocycles. The molecule has 0 aromatic carbocycles. The number of rotatable bonds is 4. The fourth-order valence-electron chi connectivity index (χ4n) is 0.767. The third kappa shape index (κ3) is 6.47. The highest BCUT2D eigenvalue weighted by Crippen LogP contribution is 2.05. The fourth-order valence-corrected chi connectivity index (χ4v) is 5.49. The summed E-state index contributed by atoms with van der Waals surface area (Å²) >= 11 is 0. The first kappa shape index (κ1) is 10.4. The van der Waals surface area contributed by atoms with Crippen molar-refractivity contribution in [1.82, 2.24) is 0 Å². The summed E-state index contributed by atoms with van der Waals surface area (Å²) in [6.07, 6.45) is 0. The van der Waals surface area contributed by atoms with E-state index in [0.717, 1.165) is 6.61 Å². The molecule has 4 heteroatoms. The predicted octanol–water partition coefficient (Wildman–Crippen LogP) is 1.72. The van der Waals surface area contributed by atoms with E-state index >= 15 is 0 Å². The number of hydrogen-bond acceptors (Lipinski definition) is 2. The monoisotopic (exact) mass is 178 g/mol. The van der Waals surface area contributed by atoms with Crippen molar-refractivity contribution < 1.29 is 8.54 Å². The van der Waals surface area contributed by atoms with Gasteiger partial charge in [-0.25, -0.2) is 0 Å². The smallest absolute Gasteiger partial charge is 0.307 e. The Hall–Kier alpha value is 0.354. The Labute approximate surface area is 66.5 Å². The molecule has 0 rings (SSSR count). The van der Waals surface area contributed by atoms with Crippen LogP contribution in [0.5, 0.6) is 0 Å². The second kappa shape index (κ2) is 4.28. The van der Waals surface area contributed by atoms with Crippen LogP contribution in [0.4, 0.5) is 0 Å². The Balaban J connectivity index is 3.47. The molecule has 0 N–H and O–H groups in total. The molecule has 10 heavy (non-hydrogen) atoms. The van der Waals surface area contributed by atoms with Crippen LogP contribution in [0.15, 0.2) is 0 Å². The van der Waals surface area contributed by atoms with E-state index in [0.29, 0.717) is 0 Å². The van der Waals surface area contributed by atoms with Crippen LogP contribution < -0.4 is 0 Å². The highest BCUT2D eigenvalue weighted by atomic mass is 28.4. The average Bonchev–Trinajstić information content (AvgIpc) is 1.59. The molecule has 0 aromatic rings. The summed E-state index contributed by atoms with van der Waals surface area (Å²) < 4.78 is 11.1. The third-order valence-electron chi connectivity index (χ3n) is 0.921. The van der Waals surface area contributed by atoms with Crippen LogP contribution in [-0.4, -0.2) is 24.2 Å². The maximum absolute atomic E-state index is 5.73. The summed E-state index contributed by atoms with van der Waals surface area (Å²) in [7, 11) is -2.59. The second-order valence-corrected chi connectivity index (χ2v) is 9.89. The predicted molar refractivity (Wildman–Crippen MR) is 49.1 cm³/mol. The lowest BCUT2D eigenvalue weighted by atomic mass is 10.9. The molecule has 0 amide bonds. The van der Waals surface area contributed by atoms with Gasteiger partial charge in [0.2, 0.25) is 0 Å². The molecule has 62 valence electrons. The van der Waals surface area contributed by atoms with Gasteiger partial charge in [0.05, 0.1) is 0 Å². The van der Waals surface area contributed by atoms with E-state index < -0.39 is 17.6 Å². The zero-order chi connectivity index (χ0) is 8.20. The van der Waals surface area contributed by atoms with Crippen molar-refractivity contribution in [1.29, 1.82) is 0 Å². The molecule has 0 fully saturated rings. The Bertz CT molecular complexity index is 90.2. The zero-order valence-electron chi connectivity index (χ0n) is 7.60. The first-order chi connectivity index (χ1) is 4.45.